The Morgan fingerprint density at radius 1 is 1.13 bits per heavy atom. The van der Waals surface area contributed by atoms with Crippen molar-refractivity contribution >= 4 is 15.9 Å². The molecule has 0 saturated carbocycles. The lowest BCUT2D eigenvalue weighted by Gasteiger charge is -2.26. The summed E-state index contributed by atoms with van der Waals surface area (Å²) in [4.78, 5) is 13.3. The van der Waals surface area contributed by atoms with Crippen molar-refractivity contribution in [3.8, 4) is 5.75 Å². The minimum absolute atomic E-state index is 0.0699. The first-order valence-electron chi connectivity index (χ1n) is 10.4. The van der Waals surface area contributed by atoms with Gasteiger partial charge in [-0.2, -0.15) is 4.31 Å². The van der Waals surface area contributed by atoms with Gasteiger partial charge in [-0.05, 0) is 36.1 Å². The van der Waals surface area contributed by atoms with Gasteiger partial charge in [-0.15, -0.1) is 0 Å². The lowest BCUT2D eigenvalue weighted by Crippen LogP contribution is -2.40. The van der Waals surface area contributed by atoms with Crippen LogP contribution < -0.4 is 10.1 Å². The molecule has 1 saturated heterocycles. The number of nitrogens with one attached hydrogen (secondary N) is 1. The lowest BCUT2D eigenvalue weighted by atomic mass is 9.96. The number of nitrogens with zero attached hydrogens (tertiary/aromatic N) is 1. The summed E-state index contributed by atoms with van der Waals surface area (Å²) in [6.07, 6.45) is 0.754. The molecule has 0 bridgehead atoms. The highest BCUT2D eigenvalue weighted by atomic mass is 32.2. The largest absolute Gasteiger partial charge is 0.496 e. The quantitative estimate of drug-likeness (QED) is 0.673. The number of hydrogen-bond donors (Lipinski definition) is 1. The van der Waals surface area contributed by atoms with Gasteiger partial charge in [0, 0.05) is 13.1 Å². The maximum Gasteiger partial charge on any atom is 0.255 e. The number of benzene rings is 2. The van der Waals surface area contributed by atoms with E-state index in [9.17, 15) is 13.2 Å². The molecule has 2 aromatic rings. The maximum absolute atomic E-state index is 13.2. The predicted molar refractivity (Wildman–Crippen MR) is 119 cm³/mol. The van der Waals surface area contributed by atoms with Crippen LogP contribution in [0.25, 0.3) is 0 Å². The molecule has 0 aromatic heterocycles. The molecule has 1 heterocycles. The molecule has 168 valence electrons. The number of carbonyl (C=O) groups excluding carboxylic acids is 1. The highest BCUT2D eigenvalue weighted by Crippen LogP contribution is 2.27. The number of morpholine rings is 1. The van der Waals surface area contributed by atoms with E-state index in [1.165, 1.54) is 29.6 Å². The Bertz CT molecular complexity index is 986. The zero-order valence-electron chi connectivity index (χ0n) is 18.2. The minimum atomic E-state index is -3.72. The molecule has 0 spiro atoms. The maximum atomic E-state index is 13.2. The van der Waals surface area contributed by atoms with Gasteiger partial charge in [0.15, 0.2) is 0 Å². The SMILES string of the molecule is COc1ccc(S(=O)(=O)N2CCOCC2)cc1C(=O)N[C@H](CC(C)C)c1ccccc1. The molecule has 1 fully saturated rings. The molecule has 1 atom stereocenters. The Morgan fingerprint density at radius 3 is 2.42 bits per heavy atom. The smallest absolute Gasteiger partial charge is 0.255 e. The van der Waals surface area contributed by atoms with E-state index in [0.717, 1.165) is 12.0 Å². The van der Waals surface area contributed by atoms with Crippen molar-refractivity contribution in [2.75, 3.05) is 33.4 Å². The number of methoxy groups -OCH3 is 1. The van der Waals surface area contributed by atoms with Crippen LogP contribution in [0.5, 0.6) is 5.75 Å². The number of ether oxygens (including phenoxy) is 2. The third-order valence-electron chi connectivity index (χ3n) is 5.24. The lowest BCUT2D eigenvalue weighted by molar-refractivity contribution is 0.0730. The Balaban J connectivity index is 1.91. The third-order valence-corrected chi connectivity index (χ3v) is 7.13. The van der Waals surface area contributed by atoms with Gasteiger partial charge in [0.1, 0.15) is 5.75 Å². The van der Waals surface area contributed by atoms with Crippen LogP contribution >= 0.6 is 0 Å². The van der Waals surface area contributed by atoms with E-state index in [2.05, 4.69) is 19.2 Å². The first-order valence-corrected chi connectivity index (χ1v) is 11.9. The van der Waals surface area contributed by atoms with Gasteiger partial charge in [0.05, 0.1) is 36.8 Å². The summed E-state index contributed by atoms with van der Waals surface area (Å²) in [6, 6.07) is 14.0. The molecule has 0 unspecified atom stereocenters. The zero-order valence-corrected chi connectivity index (χ0v) is 19.0. The molecule has 7 nitrogen and oxygen atoms in total. The highest BCUT2D eigenvalue weighted by molar-refractivity contribution is 7.89. The molecule has 1 N–H and O–H groups in total. The molecule has 0 aliphatic carbocycles. The topological polar surface area (TPSA) is 84.9 Å². The van der Waals surface area contributed by atoms with Gasteiger partial charge in [0.25, 0.3) is 5.91 Å². The van der Waals surface area contributed by atoms with E-state index in [1.807, 2.05) is 30.3 Å². The number of hydrogen-bond acceptors (Lipinski definition) is 5. The summed E-state index contributed by atoms with van der Waals surface area (Å²) in [5.41, 5.74) is 1.20. The summed E-state index contributed by atoms with van der Waals surface area (Å²) >= 11 is 0. The summed E-state index contributed by atoms with van der Waals surface area (Å²) in [5.74, 6) is 0.320. The van der Waals surface area contributed by atoms with Crippen molar-refractivity contribution < 1.29 is 22.7 Å². The molecule has 8 heteroatoms. The van der Waals surface area contributed by atoms with Crippen molar-refractivity contribution in [3.63, 3.8) is 0 Å². The van der Waals surface area contributed by atoms with Crippen LogP contribution in [0.3, 0.4) is 0 Å². The first-order chi connectivity index (χ1) is 14.8. The number of rotatable bonds is 8. The Kier molecular flexibility index (Phi) is 7.69. The second-order valence-electron chi connectivity index (χ2n) is 7.94. The van der Waals surface area contributed by atoms with E-state index < -0.39 is 10.0 Å². The summed E-state index contributed by atoms with van der Waals surface area (Å²) in [6.45, 7) is 5.49. The van der Waals surface area contributed by atoms with Crippen LogP contribution in [0.15, 0.2) is 53.4 Å². The molecule has 3 rings (SSSR count). The molecule has 1 aliphatic heterocycles. The van der Waals surface area contributed by atoms with Crippen molar-refractivity contribution in [3.05, 3.63) is 59.7 Å². The fourth-order valence-electron chi connectivity index (χ4n) is 3.63. The average Bonchev–Trinajstić information content (AvgIpc) is 2.79. The van der Waals surface area contributed by atoms with Gasteiger partial charge in [-0.3, -0.25) is 4.79 Å². The molecular formula is C23H30N2O5S. The molecule has 31 heavy (non-hydrogen) atoms. The Labute approximate surface area is 184 Å². The first kappa shape index (κ1) is 23.2. The van der Waals surface area contributed by atoms with E-state index in [0.29, 0.717) is 38.0 Å². The van der Waals surface area contributed by atoms with E-state index in [-0.39, 0.29) is 22.4 Å². The monoisotopic (exact) mass is 446 g/mol. The van der Waals surface area contributed by atoms with Crippen molar-refractivity contribution in [2.45, 2.75) is 31.2 Å². The van der Waals surface area contributed by atoms with E-state index in [1.54, 1.807) is 0 Å². The van der Waals surface area contributed by atoms with Crippen LogP contribution in [0.2, 0.25) is 0 Å². The third kappa shape index (κ3) is 5.64. The second kappa shape index (κ2) is 10.3. The van der Waals surface area contributed by atoms with Crippen LogP contribution in [-0.4, -0.2) is 52.0 Å². The van der Waals surface area contributed by atoms with Crippen LogP contribution in [0, 0.1) is 5.92 Å². The predicted octanol–water partition coefficient (Wildman–Crippen LogP) is 3.23. The Hall–Kier alpha value is -2.42. The summed E-state index contributed by atoms with van der Waals surface area (Å²) in [5, 5.41) is 3.07. The molecule has 2 aromatic carbocycles. The van der Waals surface area contributed by atoms with Crippen molar-refractivity contribution in [1.82, 2.24) is 9.62 Å². The van der Waals surface area contributed by atoms with E-state index >= 15 is 0 Å². The average molecular weight is 447 g/mol. The normalized spacial score (nSPS) is 16.1. The van der Waals surface area contributed by atoms with Gasteiger partial charge in [0.2, 0.25) is 10.0 Å². The molecular weight excluding hydrogens is 416 g/mol. The van der Waals surface area contributed by atoms with Gasteiger partial charge >= 0.3 is 0 Å². The summed E-state index contributed by atoms with van der Waals surface area (Å²) in [7, 11) is -2.26. The zero-order chi connectivity index (χ0) is 22.4. The van der Waals surface area contributed by atoms with Crippen LogP contribution in [0.4, 0.5) is 0 Å². The van der Waals surface area contributed by atoms with E-state index in [4.69, 9.17) is 9.47 Å². The van der Waals surface area contributed by atoms with Gasteiger partial charge < -0.3 is 14.8 Å². The number of sulfonamides is 1. The van der Waals surface area contributed by atoms with Gasteiger partial charge in [-0.25, -0.2) is 8.42 Å². The second-order valence-corrected chi connectivity index (χ2v) is 9.88. The fourth-order valence-corrected chi connectivity index (χ4v) is 5.07. The fraction of sp³-hybridized carbons (Fsp3) is 0.435. The highest BCUT2D eigenvalue weighted by Gasteiger charge is 2.28. The molecule has 1 amide bonds. The van der Waals surface area contributed by atoms with Gasteiger partial charge in [-0.1, -0.05) is 44.2 Å². The Morgan fingerprint density at radius 2 is 1.81 bits per heavy atom. The number of amides is 1. The van der Waals surface area contributed by atoms with Crippen LogP contribution in [0.1, 0.15) is 42.2 Å². The summed E-state index contributed by atoms with van der Waals surface area (Å²) < 4.78 is 38.1. The van der Waals surface area contributed by atoms with Crippen LogP contribution in [-0.2, 0) is 14.8 Å². The standard InChI is InChI=1S/C23H30N2O5S/c1-17(2)15-21(18-7-5-4-6-8-18)24-23(26)20-16-19(9-10-22(20)29-3)31(27,28)25-11-13-30-14-12-25/h4-10,16-17,21H,11-15H2,1-3H3,(H,24,26)/t21-/m1/s1. The van der Waals surface area contributed by atoms with Crippen molar-refractivity contribution in [2.24, 2.45) is 5.92 Å². The van der Waals surface area contributed by atoms with Crippen molar-refractivity contribution in [1.29, 1.82) is 0 Å². The molecule has 0 radical (unpaired) electrons. The number of carbonyl (C=O) groups is 1. The molecule has 1 aliphatic rings. The minimum Gasteiger partial charge on any atom is -0.496 e.